The van der Waals surface area contributed by atoms with Crippen LogP contribution in [-0.2, 0) is 13.8 Å². The van der Waals surface area contributed by atoms with Gasteiger partial charge in [0, 0.05) is 12.7 Å². The average molecular weight is 409 g/mol. The summed E-state index contributed by atoms with van der Waals surface area (Å²) in [7, 11) is -3.80. The van der Waals surface area contributed by atoms with Gasteiger partial charge < -0.3 is 10.1 Å². The fraction of sp³-hybridized carbons (Fsp3) is 0.278. The Kier molecular flexibility index (Phi) is 7.95. The van der Waals surface area contributed by atoms with Gasteiger partial charge in [0.1, 0.15) is 0 Å². The van der Waals surface area contributed by atoms with E-state index in [0.717, 1.165) is 0 Å². The molecule has 0 heterocycles. The van der Waals surface area contributed by atoms with Gasteiger partial charge in [0.25, 0.3) is 5.91 Å². The predicted molar refractivity (Wildman–Crippen MR) is 102 cm³/mol. The van der Waals surface area contributed by atoms with E-state index < -0.39 is 26.0 Å². The summed E-state index contributed by atoms with van der Waals surface area (Å²) >= 11 is 0. The van der Waals surface area contributed by atoms with Gasteiger partial charge in [0.05, 0.1) is 30.1 Å². The molecule has 1 amide bonds. The first-order valence-corrected chi connectivity index (χ1v) is 9.83. The van der Waals surface area contributed by atoms with E-state index in [1.165, 1.54) is 14.0 Å². The van der Waals surface area contributed by atoms with Crippen molar-refractivity contribution in [1.82, 2.24) is 5.32 Å². The summed E-state index contributed by atoms with van der Waals surface area (Å²) in [6, 6.07) is 14.7. The molecule has 28 heavy (non-hydrogen) atoms. The summed E-state index contributed by atoms with van der Waals surface area (Å²) in [5.41, 5.74) is 1.58. The Morgan fingerprint density at radius 1 is 1.14 bits per heavy atom. The molecule has 0 saturated heterocycles. The summed E-state index contributed by atoms with van der Waals surface area (Å²) in [5, 5.41) is 10.8. The summed E-state index contributed by atoms with van der Waals surface area (Å²) in [4.78, 5) is 21.1. The third kappa shape index (κ3) is 7.28. The van der Waals surface area contributed by atoms with Crippen LogP contribution in [0.25, 0.3) is 0 Å². The molecule has 0 aliphatic rings. The fourth-order valence-electron chi connectivity index (χ4n) is 2.29. The van der Waals surface area contributed by atoms with Gasteiger partial charge in [0.2, 0.25) is 0 Å². The van der Waals surface area contributed by atoms with E-state index in [9.17, 15) is 13.6 Å². The topological polar surface area (TPSA) is 110 Å². The number of carbonyl (C=O) groups is 1. The number of ether oxygens (including phenoxy) is 1. The number of hydrogen-bond acceptors (Lipinski definition) is 6. The molecule has 2 aromatic carbocycles. The molecule has 0 bridgehead atoms. The van der Waals surface area contributed by atoms with E-state index in [1.807, 2.05) is 30.3 Å². The molecule has 3 atom stereocenters. The lowest BCUT2D eigenvalue weighted by Gasteiger charge is -2.24. The average Bonchev–Trinajstić information content (AvgIpc) is 2.66. The van der Waals surface area contributed by atoms with Gasteiger partial charge in [-0.2, -0.15) is 10.2 Å². The van der Waals surface area contributed by atoms with Crippen molar-refractivity contribution in [2.24, 2.45) is 10.2 Å². The molecule has 0 aliphatic carbocycles. The molecule has 0 aromatic heterocycles. The van der Waals surface area contributed by atoms with E-state index in [-0.39, 0.29) is 6.61 Å². The van der Waals surface area contributed by atoms with Gasteiger partial charge in [-0.3, -0.25) is 14.2 Å². The highest BCUT2D eigenvalue weighted by atomic mass is 31.2. The van der Waals surface area contributed by atoms with Crippen LogP contribution in [0.5, 0.6) is 0 Å². The molecule has 0 radical (unpaired) electrons. The van der Waals surface area contributed by atoms with Crippen LogP contribution in [0.1, 0.15) is 17.3 Å². The van der Waals surface area contributed by atoms with Gasteiger partial charge in [-0.05, 0) is 43.3 Å². The number of nitrogens with one attached hydrogen (secondary N) is 1. The van der Waals surface area contributed by atoms with E-state index in [0.29, 0.717) is 16.9 Å². The molecule has 0 aliphatic heterocycles. The first-order chi connectivity index (χ1) is 13.3. The molecule has 2 N–H and O–H groups in total. The van der Waals surface area contributed by atoms with E-state index in [4.69, 9.17) is 9.63 Å². The van der Waals surface area contributed by atoms with Crippen molar-refractivity contribution in [2.45, 2.75) is 19.1 Å². The molecule has 0 fully saturated rings. The summed E-state index contributed by atoms with van der Waals surface area (Å²) in [6.45, 7) is 1.33. The maximum Gasteiger partial charge on any atom is 0.510 e. The minimum Gasteiger partial charge on any atom is -0.382 e. The van der Waals surface area contributed by atoms with Crippen LogP contribution >= 0.6 is 7.91 Å². The van der Waals surface area contributed by atoms with Crippen LogP contribution in [0.15, 0.2) is 64.8 Å². The molecule has 2 aromatic rings. The lowest BCUT2D eigenvalue weighted by atomic mass is 10.1. The van der Waals surface area contributed by atoms with Crippen molar-refractivity contribution in [2.75, 3.05) is 13.7 Å². The van der Waals surface area contributed by atoms with Crippen LogP contribution < -0.4 is 5.32 Å². The summed E-state index contributed by atoms with van der Waals surface area (Å²) in [5.74, 6) is -0.476. The summed E-state index contributed by atoms with van der Waals surface area (Å²) in [6.07, 6.45) is -1.08. The zero-order valence-corrected chi connectivity index (χ0v) is 16.3. The number of rotatable bonds is 9. The minimum absolute atomic E-state index is 0.0315. The van der Waals surface area contributed by atoms with Crippen LogP contribution in [-0.4, -0.2) is 36.7 Å². The minimum atomic E-state index is -5.18. The number of azo groups is 1. The fourth-order valence-corrected chi connectivity index (χ4v) is 2.85. The van der Waals surface area contributed by atoms with Crippen LogP contribution in [0.4, 0.5) is 15.6 Å². The van der Waals surface area contributed by atoms with Crippen LogP contribution in [0.3, 0.4) is 0 Å². The molecule has 0 saturated carbocycles. The monoisotopic (exact) mass is 409 g/mol. The first kappa shape index (κ1) is 21.8. The standard InChI is InChI=1S/C18H21FN3O5P/c1-13(27-28(19,24)25)17(12-26-2)20-18(23)14-8-10-16(11-9-14)22-21-15-6-4-3-5-7-15/h3-11,13,17H,12H2,1-2H3,(H,20,23)(H,24,25). The second-order valence-electron chi connectivity index (χ2n) is 5.88. The maximum atomic E-state index is 12.9. The Hall–Kier alpha value is -2.45. The Labute approximate surface area is 162 Å². The lowest BCUT2D eigenvalue weighted by Crippen LogP contribution is -2.45. The molecule has 2 rings (SSSR count). The van der Waals surface area contributed by atoms with Crippen molar-refractivity contribution in [3.63, 3.8) is 0 Å². The first-order valence-electron chi connectivity index (χ1n) is 8.36. The number of carbonyl (C=O) groups excluding carboxylic acids is 1. The highest BCUT2D eigenvalue weighted by molar-refractivity contribution is 7.46. The Morgan fingerprint density at radius 3 is 2.25 bits per heavy atom. The van der Waals surface area contributed by atoms with E-state index in [2.05, 4.69) is 20.1 Å². The van der Waals surface area contributed by atoms with Gasteiger partial charge in [-0.1, -0.05) is 18.2 Å². The smallest absolute Gasteiger partial charge is 0.382 e. The largest absolute Gasteiger partial charge is 0.510 e. The zero-order chi connectivity index (χ0) is 20.6. The van der Waals surface area contributed by atoms with Gasteiger partial charge in [0.15, 0.2) is 0 Å². The number of nitrogens with zero attached hydrogens (tertiary/aromatic N) is 2. The molecule has 0 spiro atoms. The second kappa shape index (κ2) is 10.2. The number of amides is 1. The van der Waals surface area contributed by atoms with Crippen LogP contribution in [0.2, 0.25) is 0 Å². The number of hydrogen-bond donors (Lipinski definition) is 2. The Balaban J connectivity index is 2.02. The van der Waals surface area contributed by atoms with Crippen molar-refractivity contribution >= 4 is 25.2 Å². The summed E-state index contributed by atoms with van der Waals surface area (Å²) < 4.78 is 33.0. The van der Waals surface area contributed by atoms with Gasteiger partial charge >= 0.3 is 7.91 Å². The van der Waals surface area contributed by atoms with Crippen LogP contribution in [0, 0.1) is 0 Å². The van der Waals surface area contributed by atoms with E-state index in [1.54, 1.807) is 24.3 Å². The quantitative estimate of drug-likeness (QED) is 0.473. The molecule has 3 unspecified atom stereocenters. The normalized spacial score (nSPS) is 15.7. The highest BCUT2D eigenvalue weighted by Gasteiger charge is 2.28. The molecule has 150 valence electrons. The molecule has 10 heteroatoms. The van der Waals surface area contributed by atoms with Crippen molar-refractivity contribution in [3.05, 3.63) is 60.2 Å². The number of methoxy groups -OCH3 is 1. The molecule has 8 nitrogen and oxygen atoms in total. The number of halogens is 1. The SMILES string of the molecule is COCC(NC(=O)c1ccc(N=Nc2ccccc2)cc1)C(C)OP(=O)(O)F. The highest BCUT2D eigenvalue weighted by Crippen LogP contribution is 2.45. The van der Waals surface area contributed by atoms with E-state index >= 15 is 0 Å². The van der Waals surface area contributed by atoms with Crippen molar-refractivity contribution < 1.29 is 27.7 Å². The lowest BCUT2D eigenvalue weighted by molar-refractivity contribution is 0.0657. The third-order valence-corrected chi connectivity index (χ3v) is 4.28. The Bertz CT molecular complexity index is 842. The molecular weight excluding hydrogens is 388 g/mol. The molecular formula is C18H21FN3O5P. The Morgan fingerprint density at radius 2 is 1.71 bits per heavy atom. The zero-order valence-electron chi connectivity index (χ0n) is 15.4. The number of benzene rings is 2. The second-order valence-corrected chi connectivity index (χ2v) is 6.99. The van der Waals surface area contributed by atoms with Gasteiger partial charge in [-0.25, -0.2) is 4.57 Å². The predicted octanol–water partition coefficient (Wildman–Crippen LogP) is 4.32. The van der Waals surface area contributed by atoms with Crippen molar-refractivity contribution in [3.8, 4) is 0 Å². The van der Waals surface area contributed by atoms with Gasteiger partial charge in [-0.15, -0.1) is 4.20 Å². The third-order valence-electron chi connectivity index (χ3n) is 3.69. The maximum absolute atomic E-state index is 12.9. The van der Waals surface area contributed by atoms with Crippen molar-refractivity contribution in [1.29, 1.82) is 0 Å².